The maximum atomic E-state index is 12.6. The van der Waals surface area contributed by atoms with Gasteiger partial charge in [0, 0.05) is 31.6 Å². The van der Waals surface area contributed by atoms with E-state index in [1.165, 1.54) is 13.3 Å². The molecule has 1 saturated heterocycles. The number of hydrogen-bond acceptors (Lipinski definition) is 9. The molecule has 0 unspecified atom stereocenters. The number of aromatic nitrogens is 4. The third-order valence-electron chi connectivity index (χ3n) is 5.73. The van der Waals surface area contributed by atoms with E-state index < -0.39 is 0 Å². The van der Waals surface area contributed by atoms with Crippen molar-refractivity contribution in [3.63, 3.8) is 0 Å². The number of methoxy groups -OCH3 is 1. The largest absolute Gasteiger partial charge is 0.481 e. The van der Waals surface area contributed by atoms with Crippen molar-refractivity contribution in [3.05, 3.63) is 40.8 Å². The van der Waals surface area contributed by atoms with E-state index in [0.29, 0.717) is 66.9 Å². The van der Waals surface area contributed by atoms with Gasteiger partial charge in [-0.1, -0.05) is 0 Å². The van der Waals surface area contributed by atoms with E-state index in [0.717, 1.165) is 0 Å². The van der Waals surface area contributed by atoms with Crippen molar-refractivity contribution in [2.75, 3.05) is 37.0 Å². The van der Waals surface area contributed by atoms with Gasteiger partial charge >= 0.3 is 0 Å². The summed E-state index contributed by atoms with van der Waals surface area (Å²) >= 11 is 0. The number of nitrogens with zero attached hydrogens (tertiary/aromatic N) is 5. The number of pyridine rings is 2. The smallest absolute Gasteiger partial charge is 0.270 e. The Labute approximate surface area is 193 Å². The molecule has 2 amide bonds. The predicted molar refractivity (Wildman–Crippen MR) is 122 cm³/mol. The molecule has 5 rings (SSSR count). The van der Waals surface area contributed by atoms with Crippen molar-refractivity contribution in [1.29, 1.82) is 0 Å². The first-order chi connectivity index (χ1) is 16.5. The molecule has 3 aromatic rings. The lowest BCUT2D eigenvalue weighted by atomic mass is 10.2. The Kier molecular flexibility index (Phi) is 5.80. The summed E-state index contributed by atoms with van der Waals surface area (Å²) < 4.78 is 12.1. The molecule has 2 aliphatic heterocycles. The lowest BCUT2D eigenvalue weighted by Crippen LogP contribution is -2.34. The maximum absolute atomic E-state index is 12.6. The van der Waals surface area contributed by atoms with Crippen LogP contribution >= 0.6 is 0 Å². The van der Waals surface area contributed by atoms with Crippen LogP contribution in [-0.4, -0.2) is 64.2 Å². The molecule has 0 bridgehead atoms. The Hall–Kier alpha value is -4.06. The molecule has 176 valence electrons. The van der Waals surface area contributed by atoms with Crippen LogP contribution in [0.1, 0.15) is 12.8 Å². The third-order valence-corrected chi connectivity index (χ3v) is 5.73. The lowest BCUT2D eigenvalue weighted by molar-refractivity contribution is -0.118. The molecule has 12 nitrogen and oxygen atoms in total. The molecule has 1 atom stereocenters. The summed E-state index contributed by atoms with van der Waals surface area (Å²) in [5.41, 5.74) is 0.859. The number of anilines is 2. The Morgan fingerprint density at radius 2 is 2.09 bits per heavy atom. The van der Waals surface area contributed by atoms with Gasteiger partial charge in [-0.2, -0.15) is 4.98 Å². The van der Waals surface area contributed by atoms with Crippen LogP contribution in [0.25, 0.3) is 11.2 Å². The van der Waals surface area contributed by atoms with Crippen molar-refractivity contribution in [2.24, 2.45) is 0 Å². The number of amides is 2. The number of ether oxygens (including phenoxy) is 2. The lowest BCUT2D eigenvalue weighted by Gasteiger charge is -2.21. The molecular weight excluding hydrogens is 442 g/mol. The summed E-state index contributed by atoms with van der Waals surface area (Å²) in [7, 11) is 1.52. The zero-order chi connectivity index (χ0) is 23.7. The average Bonchev–Trinajstić information content (AvgIpc) is 3.22. The van der Waals surface area contributed by atoms with Gasteiger partial charge in [0.05, 0.1) is 13.3 Å². The normalized spacial score (nSPS) is 17.4. The summed E-state index contributed by atoms with van der Waals surface area (Å²) in [6.45, 7) is 1.46. The van der Waals surface area contributed by atoms with E-state index in [1.54, 1.807) is 33.7 Å². The Morgan fingerprint density at radius 3 is 2.94 bits per heavy atom. The van der Waals surface area contributed by atoms with Gasteiger partial charge in [0.15, 0.2) is 23.8 Å². The fourth-order valence-electron chi connectivity index (χ4n) is 4.06. The van der Waals surface area contributed by atoms with Crippen molar-refractivity contribution >= 4 is 34.6 Å². The van der Waals surface area contributed by atoms with Crippen LogP contribution in [0.4, 0.5) is 11.6 Å². The number of aryl methyl sites for hydroxylation is 1. The molecule has 2 N–H and O–H groups in total. The molecule has 2 aliphatic rings. The fourth-order valence-corrected chi connectivity index (χ4v) is 4.06. The molecule has 0 aromatic carbocycles. The first-order valence-corrected chi connectivity index (χ1v) is 10.9. The number of nitrogens with one attached hydrogen (secondary N) is 2. The van der Waals surface area contributed by atoms with E-state index in [4.69, 9.17) is 9.47 Å². The molecule has 12 heteroatoms. The first-order valence-electron chi connectivity index (χ1n) is 10.9. The molecule has 0 spiro atoms. The molecule has 34 heavy (non-hydrogen) atoms. The van der Waals surface area contributed by atoms with Crippen LogP contribution < -0.4 is 30.6 Å². The van der Waals surface area contributed by atoms with Crippen LogP contribution in [0.2, 0.25) is 0 Å². The van der Waals surface area contributed by atoms with Crippen molar-refractivity contribution < 1.29 is 19.1 Å². The molecule has 3 aromatic heterocycles. The highest BCUT2D eigenvalue weighted by Gasteiger charge is 2.32. The van der Waals surface area contributed by atoms with E-state index in [2.05, 4.69) is 25.6 Å². The molecule has 0 saturated carbocycles. The van der Waals surface area contributed by atoms with Gasteiger partial charge in [0.25, 0.3) is 11.5 Å². The van der Waals surface area contributed by atoms with Crippen LogP contribution in [-0.2, 0) is 16.1 Å². The van der Waals surface area contributed by atoms with Gasteiger partial charge in [-0.25, -0.2) is 9.97 Å². The zero-order valence-corrected chi connectivity index (χ0v) is 18.5. The molecular formula is C22H23N7O5. The predicted octanol–water partition coefficient (Wildman–Crippen LogP) is 0.311. The van der Waals surface area contributed by atoms with E-state index in [1.807, 2.05) is 0 Å². The third kappa shape index (κ3) is 4.27. The standard InChI is InChI=1S/C22H23N7O5/c1-33-18-6-3-14-22(27-18)28(20(32)10-24-14)8-2-7-23-13-9-19(31)29(11-13)16-5-4-15-21(25-16)26-17(30)12-34-15/h3-6,10,13,23H,2,7-9,11-12H2,1H3,(H,25,26,30)/t13-/m1/s1. The van der Waals surface area contributed by atoms with Crippen LogP contribution in [0, 0.1) is 0 Å². The van der Waals surface area contributed by atoms with Gasteiger partial charge in [-0.15, -0.1) is 0 Å². The molecule has 0 aliphatic carbocycles. The maximum Gasteiger partial charge on any atom is 0.270 e. The minimum absolute atomic E-state index is 0.0479. The summed E-state index contributed by atoms with van der Waals surface area (Å²) in [5, 5.41) is 6.04. The van der Waals surface area contributed by atoms with E-state index >= 15 is 0 Å². The Morgan fingerprint density at radius 1 is 1.21 bits per heavy atom. The average molecular weight is 465 g/mol. The monoisotopic (exact) mass is 465 g/mol. The molecule has 0 radical (unpaired) electrons. The summed E-state index contributed by atoms with van der Waals surface area (Å²) in [5.74, 6) is 1.35. The number of hydrogen-bond donors (Lipinski definition) is 2. The zero-order valence-electron chi connectivity index (χ0n) is 18.5. The first kappa shape index (κ1) is 21.8. The Bertz CT molecular complexity index is 1320. The van der Waals surface area contributed by atoms with Gasteiger partial charge in [0.1, 0.15) is 11.3 Å². The second kappa shape index (κ2) is 9.06. The number of rotatable bonds is 7. The minimum atomic E-state index is -0.279. The highest BCUT2D eigenvalue weighted by Crippen LogP contribution is 2.30. The highest BCUT2D eigenvalue weighted by atomic mass is 16.5. The SMILES string of the molecule is COc1ccc2ncc(=O)n(CCCN[C@@H]3CC(=O)N(c4ccc5c(n4)NC(=O)CO5)C3)c2n1. The van der Waals surface area contributed by atoms with Gasteiger partial charge in [-0.05, 0) is 31.2 Å². The molecule has 5 heterocycles. The summed E-state index contributed by atoms with van der Waals surface area (Å²) in [6, 6.07) is 6.82. The van der Waals surface area contributed by atoms with Gasteiger partial charge in [-0.3, -0.25) is 23.9 Å². The highest BCUT2D eigenvalue weighted by molar-refractivity contribution is 5.97. The summed E-state index contributed by atoms with van der Waals surface area (Å²) in [4.78, 5) is 51.0. The van der Waals surface area contributed by atoms with E-state index in [9.17, 15) is 14.4 Å². The van der Waals surface area contributed by atoms with Gasteiger partial charge < -0.3 is 20.1 Å². The van der Waals surface area contributed by atoms with Gasteiger partial charge in [0.2, 0.25) is 11.8 Å². The second-order valence-electron chi connectivity index (χ2n) is 8.01. The van der Waals surface area contributed by atoms with Crippen LogP contribution in [0.15, 0.2) is 35.3 Å². The fraction of sp³-hybridized carbons (Fsp3) is 0.364. The van der Waals surface area contributed by atoms with Crippen LogP contribution in [0.3, 0.4) is 0 Å². The minimum Gasteiger partial charge on any atom is -0.481 e. The van der Waals surface area contributed by atoms with E-state index in [-0.39, 0.29) is 30.0 Å². The topological polar surface area (TPSA) is 141 Å². The number of carbonyl (C=O) groups excluding carboxylic acids is 2. The van der Waals surface area contributed by atoms with Crippen LogP contribution in [0.5, 0.6) is 11.6 Å². The number of fused-ring (bicyclic) bond motifs is 2. The van der Waals surface area contributed by atoms with Crippen molar-refractivity contribution in [3.8, 4) is 11.6 Å². The van der Waals surface area contributed by atoms with Crippen molar-refractivity contribution in [1.82, 2.24) is 24.8 Å². The van der Waals surface area contributed by atoms with Crippen molar-refractivity contribution in [2.45, 2.75) is 25.4 Å². The quantitative estimate of drug-likeness (QED) is 0.472. The second-order valence-corrected chi connectivity index (χ2v) is 8.01. The summed E-state index contributed by atoms with van der Waals surface area (Å²) in [6.07, 6.45) is 2.28. The number of carbonyl (C=O) groups is 2. The molecule has 1 fully saturated rings. The Balaban J connectivity index is 1.20.